The molecule has 1 atom stereocenters. The lowest BCUT2D eigenvalue weighted by atomic mass is 10.1. The molecule has 0 aromatic heterocycles. The number of ether oxygens (including phenoxy) is 1. The molecule has 144 valence electrons. The highest BCUT2D eigenvalue weighted by atomic mass is 79.9. The molecule has 0 spiro atoms. The van der Waals surface area contributed by atoms with Gasteiger partial charge in [0.1, 0.15) is 0 Å². The fourth-order valence-corrected chi connectivity index (χ4v) is 3.94. The van der Waals surface area contributed by atoms with Crippen molar-refractivity contribution in [1.29, 1.82) is 0 Å². The summed E-state index contributed by atoms with van der Waals surface area (Å²) in [6, 6.07) is 8.67. The Morgan fingerprint density at radius 1 is 1.38 bits per heavy atom. The Bertz CT molecular complexity index is 604. The zero-order valence-electron chi connectivity index (χ0n) is 15.5. The van der Waals surface area contributed by atoms with Crippen molar-refractivity contribution in [3.05, 3.63) is 28.7 Å². The lowest BCUT2D eigenvalue weighted by Crippen LogP contribution is -2.50. The highest BCUT2D eigenvalue weighted by molar-refractivity contribution is 9.10. The number of nitrogens with zero attached hydrogens (tertiary/aromatic N) is 2. The number of carbonyl (C=O) groups excluding carboxylic acids is 1. The number of methoxy groups -OCH3 is 1. The number of piperidine rings is 1. The van der Waals surface area contributed by atoms with Crippen LogP contribution in [0.4, 0.5) is 4.79 Å². The van der Waals surface area contributed by atoms with Gasteiger partial charge in [-0.2, -0.15) is 0 Å². The molecule has 1 saturated heterocycles. The molecule has 2 N–H and O–H groups in total. The summed E-state index contributed by atoms with van der Waals surface area (Å²) in [4.78, 5) is 18.8. The van der Waals surface area contributed by atoms with Gasteiger partial charge in [-0.3, -0.25) is 4.99 Å². The van der Waals surface area contributed by atoms with E-state index >= 15 is 0 Å². The molecule has 6 nitrogen and oxygen atoms in total. The number of likely N-dealkylation sites (tertiary alicyclic amines) is 1. The van der Waals surface area contributed by atoms with Crippen LogP contribution in [0.3, 0.4) is 0 Å². The molecule has 1 amide bonds. The van der Waals surface area contributed by atoms with Gasteiger partial charge in [-0.1, -0.05) is 22.9 Å². The molecule has 26 heavy (non-hydrogen) atoms. The first-order valence-corrected chi connectivity index (χ1v) is 10.4. The third-order valence-corrected chi connectivity index (χ3v) is 5.84. The molecule has 1 aromatic rings. The summed E-state index contributed by atoms with van der Waals surface area (Å²) in [7, 11) is 3.21. The van der Waals surface area contributed by atoms with E-state index < -0.39 is 0 Å². The third kappa shape index (κ3) is 6.72. The number of aliphatic imine (C=N–C) groups is 1. The first kappa shape index (κ1) is 20.9. The smallest absolute Gasteiger partial charge is 0.409 e. The first-order chi connectivity index (χ1) is 12.5. The number of rotatable bonds is 5. The van der Waals surface area contributed by atoms with Crippen LogP contribution >= 0.6 is 27.7 Å². The van der Waals surface area contributed by atoms with Crippen molar-refractivity contribution in [2.45, 2.75) is 36.0 Å². The van der Waals surface area contributed by atoms with Crippen molar-refractivity contribution >= 4 is 39.7 Å². The van der Waals surface area contributed by atoms with Gasteiger partial charge in [0.25, 0.3) is 0 Å². The van der Waals surface area contributed by atoms with Gasteiger partial charge in [-0.25, -0.2) is 4.79 Å². The fraction of sp³-hybridized carbons (Fsp3) is 0.556. The van der Waals surface area contributed by atoms with Crippen LogP contribution < -0.4 is 10.6 Å². The molecule has 1 fully saturated rings. The van der Waals surface area contributed by atoms with Gasteiger partial charge in [0.05, 0.1) is 7.11 Å². The molecule has 1 unspecified atom stereocenters. The minimum absolute atomic E-state index is 0.246. The van der Waals surface area contributed by atoms with Gasteiger partial charge in [0.2, 0.25) is 0 Å². The van der Waals surface area contributed by atoms with Gasteiger partial charge < -0.3 is 20.3 Å². The van der Waals surface area contributed by atoms with E-state index in [-0.39, 0.29) is 6.09 Å². The van der Waals surface area contributed by atoms with Crippen LogP contribution in [0, 0.1) is 0 Å². The molecule has 0 saturated carbocycles. The molecule has 1 aromatic carbocycles. The van der Waals surface area contributed by atoms with Crippen LogP contribution in [0.15, 0.2) is 38.6 Å². The molecule has 8 heteroatoms. The molecule has 1 aliphatic rings. The van der Waals surface area contributed by atoms with Gasteiger partial charge in [0, 0.05) is 47.3 Å². The number of thioether (sulfide) groups is 1. The van der Waals surface area contributed by atoms with Crippen molar-refractivity contribution in [3.63, 3.8) is 0 Å². The second-order valence-corrected chi connectivity index (χ2v) is 8.64. The maximum Gasteiger partial charge on any atom is 0.409 e. The minimum Gasteiger partial charge on any atom is -0.453 e. The maximum absolute atomic E-state index is 11.5. The summed E-state index contributed by atoms with van der Waals surface area (Å²) in [5.41, 5.74) is 0. The number of amides is 1. The van der Waals surface area contributed by atoms with Crippen LogP contribution in [0.1, 0.15) is 19.8 Å². The Morgan fingerprint density at radius 3 is 2.62 bits per heavy atom. The van der Waals surface area contributed by atoms with E-state index in [0.29, 0.717) is 24.4 Å². The molecule has 0 radical (unpaired) electrons. The number of carbonyl (C=O) groups is 1. The number of hydrogen-bond donors (Lipinski definition) is 2. The summed E-state index contributed by atoms with van der Waals surface area (Å²) in [5.74, 6) is 0.810. The predicted molar refractivity (Wildman–Crippen MR) is 111 cm³/mol. The van der Waals surface area contributed by atoms with Crippen molar-refractivity contribution in [2.75, 3.05) is 33.8 Å². The van der Waals surface area contributed by atoms with E-state index in [1.54, 1.807) is 11.9 Å². The van der Waals surface area contributed by atoms with Crippen LogP contribution in [0.2, 0.25) is 0 Å². The molecular formula is C18H27BrN4O2S. The van der Waals surface area contributed by atoms with Crippen molar-refractivity contribution in [2.24, 2.45) is 4.99 Å². The Balaban J connectivity index is 1.72. The monoisotopic (exact) mass is 442 g/mol. The topological polar surface area (TPSA) is 66.0 Å². The fourth-order valence-electron chi connectivity index (χ4n) is 2.75. The van der Waals surface area contributed by atoms with Crippen molar-refractivity contribution < 1.29 is 9.53 Å². The number of benzene rings is 1. The van der Waals surface area contributed by atoms with E-state index in [2.05, 4.69) is 62.7 Å². The molecule has 0 bridgehead atoms. The lowest BCUT2D eigenvalue weighted by Gasteiger charge is -2.32. The van der Waals surface area contributed by atoms with Crippen molar-refractivity contribution in [3.8, 4) is 0 Å². The first-order valence-electron chi connectivity index (χ1n) is 8.74. The van der Waals surface area contributed by atoms with E-state index in [1.807, 2.05) is 11.8 Å². The highest BCUT2D eigenvalue weighted by Gasteiger charge is 2.23. The zero-order chi connectivity index (χ0) is 18.9. The SMILES string of the molecule is CN=C(NCC(C)Sc1ccc(Br)cc1)NC1CCN(C(=O)OC)CC1. The van der Waals surface area contributed by atoms with Crippen LogP contribution in [-0.4, -0.2) is 62.0 Å². The number of hydrogen-bond acceptors (Lipinski definition) is 4. The Morgan fingerprint density at radius 2 is 2.04 bits per heavy atom. The predicted octanol–water partition coefficient (Wildman–Crippen LogP) is 3.33. The van der Waals surface area contributed by atoms with Gasteiger partial charge >= 0.3 is 6.09 Å². The standard InChI is InChI=1S/C18H27BrN4O2S/c1-13(26-16-6-4-14(19)5-7-16)12-21-17(20-2)22-15-8-10-23(11-9-15)18(24)25-3/h4-7,13,15H,8-12H2,1-3H3,(H2,20,21,22). The van der Waals surface area contributed by atoms with Gasteiger partial charge in [-0.15, -0.1) is 11.8 Å². The minimum atomic E-state index is -0.246. The van der Waals surface area contributed by atoms with E-state index in [0.717, 1.165) is 29.8 Å². The Kier molecular flexibility index (Phi) is 8.58. The maximum atomic E-state index is 11.5. The van der Waals surface area contributed by atoms with E-state index in [9.17, 15) is 4.79 Å². The molecular weight excluding hydrogens is 416 g/mol. The summed E-state index contributed by atoms with van der Waals surface area (Å²) in [6.45, 7) is 4.43. The van der Waals surface area contributed by atoms with E-state index in [1.165, 1.54) is 12.0 Å². The average Bonchev–Trinajstić information content (AvgIpc) is 2.66. The third-order valence-electron chi connectivity index (χ3n) is 4.20. The van der Waals surface area contributed by atoms with Crippen LogP contribution in [0.5, 0.6) is 0 Å². The number of halogens is 1. The van der Waals surface area contributed by atoms with Gasteiger partial charge in [0.15, 0.2) is 5.96 Å². The van der Waals surface area contributed by atoms with Crippen molar-refractivity contribution in [1.82, 2.24) is 15.5 Å². The Hall–Kier alpha value is -1.41. The largest absolute Gasteiger partial charge is 0.453 e. The average molecular weight is 443 g/mol. The second-order valence-electron chi connectivity index (χ2n) is 6.21. The summed E-state index contributed by atoms with van der Waals surface area (Å²) in [5, 5.41) is 7.26. The molecule has 1 aliphatic heterocycles. The summed E-state index contributed by atoms with van der Waals surface area (Å²) < 4.78 is 5.87. The molecule has 1 heterocycles. The molecule has 2 rings (SSSR count). The summed E-state index contributed by atoms with van der Waals surface area (Å²) >= 11 is 5.29. The van der Waals surface area contributed by atoms with E-state index in [4.69, 9.17) is 4.74 Å². The van der Waals surface area contributed by atoms with Gasteiger partial charge in [-0.05, 0) is 37.1 Å². The normalized spacial score (nSPS) is 16.9. The zero-order valence-corrected chi connectivity index (χ0v) is 17.9. The Labute approximate surface area is 168 Å². The quantitative estimate of drug-likeness (QED) is 0.415. The lowest BCUT2D eigenvalue weighted by molar-refractivity contribution is 0.111. The second kappa shape index (κ2) is 10.7. The van der Waals surface area contributed by atoms with Crippen LogP contribution in [0.25, 0.3) is 0 Å². The molecule has 0 aliphatic carbocycles. The highest BCUT2D eigenvalue weighted by Crippen LogP contribution is 2.24. The number of nitrogens with one attached hydrogen (secondary N) is 2. The van der Waals surface area contributed by atoms with Crippen LogP contribution in [-0.2, 0) is 4.74 Å². The number of guanidine groups is 1. The summed E-state index contributed by atoms with van der Waals surface area (Å²) in [6.07, 6.45) is 1.53.